The van der Waals surface area contributed by atoms with Gasteiger partial charge in [-0.2, -0.15) is 0 Å². The Bertz CT molecular complexity index is 486. The van der Waals surface area contributed by atoms with Gasteiger partial charge in [-0.3, -0.25) is 14.9 Å². The molecule has 0 fully saturated rings. The van der Waals surface area contributed by atoms with Crippen LogP contribution < -0.4 is 0 Å². The van der Waals surface area contributed by atoms with E-state index in [4.69, 9.17) is 0 Å². The summed E-state index contributed by atoms with van der Waals surface area (Å²) in [5.41, 5.74) is -0.318. The first-order valence-corrected chi connectivity index (χ1v) is 4.78. The van der Waals surface area contributed by atoms with Gasteiger partial charge < -0.3 is 10.0 Å². The van der Waals surface area contributed by atoms with E-state index in [-0.39, 0.29) is 46.6 Å². The minimum absolute atomic E-state index is 0. The molecule has 0 bridgehead atoms. The Morgan fingerprint density at radius 2 is 2.06 bits per heavy atom. The monoisotopic (exact) mass is 259 g/mol. The molecule has 1 N–H and O–H groups in total. The molecule has 18 heavy (non-hydrogen) atoms. The minimum atomic E-state index is -0.619. The van der Waals surface area contributed by atoms with E-state index in [0.29, 0.717) is 0 Å². The van der Waals surface area contributed by atoms with Crippen LogP contribution in [-0.2, 0) is 0 Å². The van der Waals surface area contributed by atoms with Gasteiger partial charge in [-0.15, -0.1) is 0 Å². The molecule has 0 saturated carbocycles. The topological polar surface area (TPSA) is 83.7 Å². The molecule has 91 valence electrons. The van der Waals surface area contributed by atoms with Crippen molar-refractivity contribution in [3.05, 3.63) is 46.2 Å². The van der Waals surface area contributed by atoms with Gasteiger partial charge >= 0.3 is 0 Å². The molecular formula is C11H12N2NaO4. The maximum absolute atomic E-state index is 11.6. The number of aromatic hydroxyl groups is 1. The van der Waals surface area contributed by atoms with Gasteiger partial charge in [0.1, 0.15) is 5.75 Å². The second kappa shape index (κ2) is 7.15. The number of non-ortho nitro benzene ring substituents is 1. The summed E-state index contributed by atoms with van der Waals surface area (Å²) in [6.45, 7) is 0. The summed E-state index contributed by atoms with van der Waals surface area (Å²) < 4.78 is 0. The Morgan fingerprint density at radius 3 is 2.56 bits per heavy atom. The number of nitrogens with zero attached hydrogens (tertiary/aromatic N) is 2. The van der Waals surface area contributed by atoms with Crippen molar-refractivity contribution < 1.29 is 14.8 Å². The van der Waals surface area contributed by atoms with Gasteiger partial charge in [0.15, 0.2) is 5.78 Å². The molecule has 0 saturated heterocycles. The zero-order chi connectivity index (χ0) is 13.0. The van der Waals surface area contributed by atoms with E-state index in [1.807, 2.05) is 0 Å². The molecule has 0 aromatic heterocycles. The van der Waals surface area contributed by atoms with Crippen molar-refractivity contribution in [2.75, 3.05) is 14.1 Å². The van der Waals surface area contributed by atoms with Gasteiger partial charge in [-0.1, -0.05) is 0 Å². The van der Waals surface area contributed by atoms with Gasteiger partial charge in [0.25, 0.3) is 5.69 Å². The molecule has 6 nitrogen and oxygen atoms in total. The number of phenolic OH excluding ortho intramolecular Hbond substituents is 1. The molecule has 0 spiro atoms. The molecule has 0 aliphatic carbocycles. The van der Waals surface area contributed by atoms with Gasteiger partial charge in [0.05, 0.1) is 10.5 Å². The summed E-state index contributed by atoms with van der Waals surface area (Å²) in [6, 6.07) is 3.33. The molecule has 7 heteroatoms. The van der Waals surface area contributed by atoms with Gasteiger partial charge in [-0.25, -0.2) is 0 Å². The van der Waals surface area contributed by atoms with Crippen molar-refractivity contribution in [2.24, 2.45) is 0 Å². The predicted octanol–water partition coefficient (Wildman–Crippen LogP) is 1.18. The maximum atomic E-state index is 11.6. The summed E-state index contributed by atoms with van der Waals surface area (Å²) in [6.07, 6.45) is 2.74. The summed E-state index contributed by atoms with van der Waals surface area (Å²) in [7, 11) is 3.47. The van der Waals surface area contributed by atoms with Gasteiger partial charge in [0.2, 0.25) is 0 Å². The Morgan fingerprint density at radius 1 is 1.44 bits per heavy atom. The molecule has 1 aromatic rings. The predicted molar refractivity (Wildman–Crippen MR) is 67.7 cm³/mol. The first-order valence-electron chi connectivity index (χ1n) is 4.78. The number of phenols is 1. The zero-order valence-electron chi connectivity index (χ0n) is 10.5. The first-order chi connectivity index (χ1) is 7.91. The van der Waals surface area contributed by atoms with Crippen LogP contribution in [0.15, 0.2) is 30.5 Å². The number of carbonyl (C=O) groups excluding carboxylic acids is 1. The van der Waals surface area contributed by atoms with Gasteiger partial charge in [0, 0.05) is 68.1 Å². The molecule has 0 aliphatic rings. The van der Waals surface area contributed by atoms with Crippen LogP contribution in [0.2, 0.25) is 0 Å². The molecule has 1 rings (SSSR count). The average molecular weight is 259 g/mol. The molecule has 0 unspecified atom stereocenters. The fourth-order valence-electron chi connectivity index (χ4n) is 1.14. The number of allylic oxidation sites excluding steroid dienone is 1. The van der Waals surface area contributed by atoms with E-state index < -0.39 is 10.7 Å². The van der Waals surface area contributed by atoms with Crippen molar-refractivity contribution in [3.8, 4) is 5.75 Å². The summed E-state index contributed by atoms with van der Waals surface area (Å²) in [4.78, 5) is 23.2. The number of carbonyl (C=O) groups is 1. The average Bonchev–Trinajstić information content (AvgIpc) is 2.26. The first kappa shape index (κ1) is 16.6. The van der Waals surface area contributed by atoms with E-state index in [2.05, 4.69) is 0 Å². The molecule has 0 heterocycles. The fraction of sp³-hybridized carbons (Fsp3) is 0.182. The third-order valence-corrected chi connectivity index (χ3v) is 1.98. The maximum Gasteiger partial charge on any atom is 0.270 e. The molecule has 1 radical (unpaired) electrons. The van der Waals surface area contributed by atoms with E-state index in [9.17, 15) is 20.0 Å². The van der Waals surface area contributed by atoms with Crippen LogP contribution in [0.3, 0.4) is 0 Å². The number of nitro benzene ring substituents is 1. The SMILES string of the molecule is CN(C)C=CC(=O)c1cc([N+](=O)[O-])ccc1O.[Na]. The van der Waals surface area contributed by atoms with Crippen LogP contribution in [0.25, 0.3) is 0 Å². The summed E-state index contributed by atoms with van der Waals surface area (Å²) in [5.74, 6) is -0.760. The van der Waals surface area contributed by atoms with Crippen molar-refractivity contribution in [1.29, 1.82) is 0 Å². The summed E-state index contributed by atoms with van der Waals surface area (Å²) in [5, 5.41) is 20.0. The molecule has 0 atom stereocenters. The van der Waals surface area contributed by atoms with Gasteiger partial charge in [-0.05, 0) is 6.07 Å². The largest absolute Gasteiger partial charge is 0.507 e. The van der Waals surface area contributed by atoms with Crippen LogP contribution in [0.4, 0.5) is 5.69 Å². The zero-order valence-corrected chi connectivity index (χ0v) is 12.5. The Hall–Kier alpha value is -1.37. The third-order valence-electron chi connectivity index (χ3n) is 1.98. The normalized spacial score (nSPS) is 9.89. The smallest absolute Gasteiger partial charge is 0.270 e. The van der Waals surface area contributed by atoms with Crippen molar-refractivity contribution in [1.82, 2.24) is 4.90 Å². The summed E-state index contributed by atoms with van der Waals surface area (Å²) >= 11 is 0. The van der Waals surface area contributed by atoms with Crippen LogP contribution in [0.1, 0.15) is 10.4 Å². The molecular weight excluding hydrogens is 247 g/mol. The standard InChI is InChI=1S/C11H12N2O4.Na/c1-12(2)6-5-11(15)9-7-8(13(16)17)3-4-10(9)14;/h3-7,14H,1-2H3;. The van der Waals surface area contributed by atoms with Crippen molar-refractivity contribution in [2.45, 2.75) is 0 Å². The Labute approximate surface area is 126 Å². The van der Waals surface area contributed by atoms with E-state index in [0.717, 1.165) is 18.2 Å². The van der Waals surface area contributed by atoms with Crippen LogP contribution >= 0.6 is 0 Å². The minimum Gasteiger partial charge on any atom is -0.507 e. The number of rotatable bonds is 4. The fourth-order valence-corrected chi connectivity index (χ4v) is 1.14. The van der Waals surface area contributed by atoms with E-state index in [1.54, 1.807) is 19.0 Å². The number of ketones is 1. The molecule has 0 aliphatic heterocycles. The number of hydrogen-bond acceptors (Lipinski definition) is 5. The molecule has 1 aromatic carbocycles. The van der Waals surface area contributed by atoms with Crippen LogP contribution in [-0.4, -0.2) is 64.4 Å². The third kappa shape index (κ3) is 4.48. The number of hydrogen-bond donors (Lipinski definition) is 1. The Balaban J connectivity index is 0.00000289. The van der Waals surface area contributed by atoms with Crippen molar-refractivity contribution >= 4 is 41.0 Å². The Kier molecular flexibility index (Phi) is 6.61. The second-order valence-corrected chi connectivity index (χ2v) is 3.60. The van der Waals surface area contributed by atoms with Crippen LogP contribution in [0.5, 0.6) is 5.75 Å². The quantitative estimate of drug-likeness (QED) is 0.288. The second-order valence-electron chi connectivity index (χ2n) is 3.60. The van der Waals surface area contributed by atoms with Crippen LogP contribution in [0, 0.1) is 10.1 Å². The number of nitro groups is 1. The van der Waals surface area contributed by atoms with Crippen molar-refractivity contribution in [3.63, 3.8) is 0 Å². The number of benzene rings is 1. The van der Waals surface area contributed by atoms with E-state index in [1.165, 1.54) is 12.3 Å². The van der Waals surface area contributed by atoms with E-state index >= 15 is 0 Å². The molecule has 0 amide bonds.